The Morgan fingerprint density at radius 3 is 2.81 bits per heavy atom. The number of nitrogens with one attached hydrogen (secondary N) is 2. The van der Waals surface area contributed by atoms with E-state index in [1.807, 2.05) is 49.4 Å². The van der Waals surface area contributed by atoms with Crippen molar-refractivity contribution < 1.29 is 9.53 Å². The Bertz CT molecular complexity index is 958. The first kappa shape index (κ1) is 16.7. The molecule has 1 atom stereocenters. The van der Waals surface area contributed by atoms with Crippen molar-refractivity contribution in [2.24, 2.45) is 0 Å². The minimum absolute atomic E-state index is 0.0592. The van der Waals surface area contributed by atoms with Gasteiger partial charge in [-0.1, -0.05) is 18.2 Å². The first-order valence-electron chi connectivity index (χ1n) is 9.24. The number of amides is 1. The third kappa shape index (κ3) is 2.96. The first-order valence-corrected chi connectivity index (χ1v) is 9.24. The van der Waals surface area contributed by atoms with Crippen LogP contribution in [-0.4, -0.2) is 18.0 Å². The average Bonchev–Trinajstić information content (AvgIpc) is 3.05. The van der Waals surface area contributed by atoms with Crippen LogP contribution in [0.2, 0.25) is 0 Å². The second-order valence-corrected chi connectivity index (χ2v) is 6.99. The molecule has 1 aliphatic rings. The zero-order chi connectivity index (χ0) is 18.1. The van der Waals surface area contributed by atoms with Crippen LogP contribution in [0.1, 0.15) is 53.0 Å². The van der Waals surface area contributed by atoms with Crippen molar-refractivity contribution >= 4 is 16.8 Å². The van der Waals surface area contributed by atoms with Crippen LogP contribution in [0.5, 0.6) is 5.75 Å². The van der Waals surface area contributed by atoms with Crippen LogP contribution in [0.3, 0.4) is 0 Å². The van der Waals surface area contributed by atoms with E-state index in [9.17, 15) is 4.79 Å². The van der Waals surface area contributed by atoms with E-state index in [2.05, 4.69) is 10.3 Å². The highest BCUT2D eigenvalue weighted by Crippen LogP contribution is 2.30. The van der Waals surface area contributed by atoms with E-state index in [1.54, 1.807) is 7.11 Å². The van der Waals surface area contributed by atoms with E-state index < -0.39 is 0 Å². The highest BCUT2D eigenvalue weighted by atomic mass is 16.5. The molecule has 1 aromatic heterocycles. The number of rotatable bonds is 4. The van der Waals surface area contributed by atoms with E-state index >= 15 is 0 Å². The number of H-pyrrole nitrogens is 1. The molecular weight excluding hydrogens is 324 g/mol. The van der Waals surface area contributed by atoms with E-state index in [0.29, 0.717) is 5.56 Å². The number of aromatic amines is 1. The number of ether oxygens (including phenoxy) is 1. The lowest BCUT2D eigenvalue weighted by Gasteiger charge is -2.17. The normalized spacial score (nSPS) is 14.7. The lowest BCUT2D eigenvalue weighted by atomic mass is 9.95. The van der Waals surface area contributed by atoms with Gasteiger partial charge in [-0.05, 0) is 62.4 Å². The number of fused-ring (bicyclic) bond motifs is 3. The molecule has 0 aliphatic heterocycles. The van der Waals surface area contributed by atoms with Crippen molar-refractivity contribution in [1.82, 2.24) is 10.3 Å². The third-order valence-electron chi connectivity index (χ3n) is 5.31. The Kier molecular flexibility index (Phi) is 4.41. The highest BCUT2D eigenvalue weighted by molar-refractivity contribution is 5.99. The molecule has 1 aliphatic carbocycles. The van der Waals surface area contributed by atoms with E-state index in [1.165, 1.54) is 29.5 Å². The summed E-state index contributed by atoms with van der Waals surface area (Å²) in [6.07, 6.45) is 4.67. The summed E-state index contributed by atoms with van der Waals surface area (Å²) in [4.78, 5) is 16.3. The van der Waals surface area contributed by atoms with Gasteiger partial charge in [0.25, 0.3) is 5.91 Å². The van der Waals surface area contributed by atoms with Crippen LogP contribution in [0, 0.1) is 0 Å². The predicted octanol–water partition coefficient (Wildman–Crippen LogP) is 4.55. The molecule has 2 aromatic carbocycles. The molecule has 0 bridgehead atoms. The Morgan fingerprint density at radius 2 is 1.96 bits per heavy atom. The van der Waals surface area contributed by atoms with Crippen LogP contribution < -0.4 is 10.1 Å². The van der Waals surface area contributed by atoms with Crippen LogP contribution in [0.25, 0.3) is 10.9 Å². The molecule has 3 aromatic rings. The molecule has 1 amide bonds. The largest absolute Gasteiger partial charge is 0.496 e. The molecule has 2 N–H and O–H groups in total. The van der Waals surface area contributed by atoms with Crippen molar-refractivity contribution in [1.29, 1.82) is 0 Å². The summed E-state index contributed by atoms with van der Waals surface area (Å²) in [7, 11) is 1.65. The molecule has 0 radical (unpaired) electrons. The van der Waals surface area contributed by atoms with Crippen molar-refractivity contribution in [2.45, 2.75) is 38.6 Å². The fourth-order valence-corrected chi connectivity index (χ4v) is 3.93. The fourth-order valence-electron chi connectivity index (χ4n) is 3.93. The molecule has 1 heterocycles. The van der Waals surface area contributed by atoms with Crippen LogP contribution >= 0.6 is 0 Å². The summed E-state index contributed by atoms with van der Waals surface area (Å²) >= 11 is 0. The summed E-state index contributed by atoms with van der Waals surface area (Å²) in [6, 6.07) is 13.6. The maximum Gasteiger partial charge on any atom is 0.251 e. The van der Waals surface area contributed by atoms with Gasteiger partial charge in [0.15, 0.2) is 0 Å². The number of benzene rings is 2. The van der Waals surface area contributed by atoms with Gasteiger partial charge in [0, 0.05) is 27.7 Å². The maximum atomic E-state index is 12.8. The number of para-hydroxylation sites is 1. The first-order chi connectivity index (χ1) is 12.7. The van der Waals surface area contributed by atoms with E-state index in [-0.39, 0.29) is 11.9 Å². The number of aromatic nitrogens is 1. The number of carbonyl (C=O) groups is 1. The Labute approximate surface area is 153 Å². The molecule has 26 heavy (non-hydrogen) atoms. The quantitative estimate of drug-likeness (QED) is 0.727. The Morgan fingerprint density at radius 1 is 1.15 bits per heavy atom. The lowest BCUT2D eigenvalue weighted by Crippen LogP contribution is -2.26. The second kappa shape index (κ2) is 6.87. The van der Waals surface area contributed by atoms with Gasteiger partial charge in [-0.25, -0.2) is 0 Å². The molecule has 134 valence electrons. The second-order valence-electron chi connectivity index (χ2n) is 6.99. The minimum Gasteiger partial charge on any atom is -0.496 e. The summed E-state index contributed by atoms with van der Waals surface area (Å²) in [5.74, 6) is 0.728. The summed E-state index contributed by atoms with van der Waals surface area (Å²) in [6.45, 7) is 1.98. The van der Waals surface area contributed by atoms with Crippen LogP contribution in [-0.2, 0) is 12.8 Å². The van der Waals surface area contributed by atoms with Gasteiger partial charge in [0.05, 0.1) is 13.2 Å². The number of hydrogen-bond acceptors (Lipinski definition) is 2. The third-order valence-corrected chi connectivity index (χ3v) is 5.31. The molecule has 0 unspecified atom stereocenters. The van der Waals surface area contributed by atoms with Crippen molar-refractivity contribution in [2.75, 3.05) is 7.11 Å². The van der Waals surface area contributed by atoms with Gasteiger partial charge in [-0.3, -0.25) is 4.79 Å². The van der Waals surface area contributed by atoms with Crippen molar-refractivity contribution in [3.63, 3.8) is 0 Å². The zero-order valence-corrected chi connectivity index (χ0v) is 15.3. The minimum atomic E-state index is -0.130. The number of methoxy groups -OCH3 is 1. The Balaban J connectivity index is 1.60. The number of carbonyl (C=O) groups excluding carboxylic acids is 1. The molecule has 4 nitrogen and oxygen atoms in total. The van der Waals surface area contributed by atoms with Crippen LogP contribution in [0.4, 0.5) is 0 Å². The van der Waals surface area contributed by atoms with Gasteiger partial charge in [-0.2, -0.15) is 0 Å². The summed E-state index contributed by atoms with van der Waals surface area (Å²) < 4.78 is 5.41. The molecule has 0 spiro atoms. The van der Waals surface area contributed by atoms with Crippen LogP contribution in [0.15, 0.2) is 42.5 Å². The van der Waals surface area contributed by atoms with Gasteiger partial charge >= 0.3 is 0 Å². The molecule has 0 saturated heterocycles. The lowest BCUT2D eigenvalue weighted by molar-refractivity contribution is 0.0939. The van der Waals surface area contributed by atoms with Crippen molar-refractivity contribution in [3.05, 3.63) is 64.8 Å². The number of hydrogen-bond donors (Lipinski definition) is 2. The molecule has 0 fully saturated rings. The smallest absolute Gasteiger partial charge is 0.251 e. The zero-order valence-electron chi connectivity index (χ0n) is 15.3. The molecule has 4 rings (SSSR count). The van der Waals surface area contributed by atoms with E-state index in [4.69, 9.17) is 4.74 Å². The van der Waals surface area contributed by atoms with Gasteiger partial charge in [-0.15, -0.1) is 0 Å². The summed E-state index contributed by atoms with van der Waals surface area (Å²) in [5.41, 5.74) is 5.53. The summed E-state index contributed by atoms with van der Waals surface area (Å²) in [5, 5.41) is 4.29. The monoisotopic (exact) mass is 348 g/mol. The van der Waals surface area contributed by atoms with Crippen molar-refractivity contribution in [3.8, 4) is 5.75 Å². The molecule has 0 saturated carbocycles. The van der Waals surface area contributed by atoms with E-state index in [0.717, 1.165) is 29.7 Å². The fraction of sp³-hybridized carbons (Fsp3) is 0.318. The van der Waals surface area contributed by atoms with Gasteiger partial charge in [0.2, 0.25) is 0 Å². The predicted molar refractivity (Wildman–Crippen MR) is 104 cm³/mol. The van der Waals surface area contributed by atoms with Gasteiger partial charge in [0.1, 0.15) is 5.75 Å². The topological polar surface area (TPSA) is 54.1 Å². The number of aryl methyl sites for hydroxylation is 2. The standard InChI is InChI=1S/C22H24N2O2/c1-14(16-7-4-6-10-21(16)26-2)23-22(25)15-11-12-20-18(13-15)17-8-3-5-9-19(17)24-20/h4,6-7,10-14,24H,3,5,8-9H2,1-2H3,(H,23,25)/t14-/m1/s1. The Hall–Kier alpha value is -2.75. The van der Waals surface area contributed by atoms with Gasteiger partial charge < -0.3 is 15.0 Å². The average molecular weight is 348 g/mol. The maximum absolute atomic E-state index is 12.8. The SMILES string of the molecule is COc1ccccc1[C@@H](C)NC(=O)c1ccc2[nH]c3c(c2c1)CCCC3. The highest BCUT2D eigenvalue weighted by Gasteiger charge is 2.18. The molecule has 4 heteroatoms. The molecular formula is C22H24N2O2.